The Morgan fingerprint density at radius 1 is 1.33 bits per heavy atom. The summed E-state index contributed by atoms with van der Waals surface area (Å²) < 4.78 is 22.0. The number of hydrogen-bond donors (Lipinski definition) is 0. The second-order valence-corrected chi connectivity index (χ2v) is 7.07. The maximum atomic E-state index is 11.0. The van der Waals surface area contributed by atoms with Crippen LogP contribution in [0.4, 0.5) is 0 Å². The van der Waals surface area contributed by atoms with Gasteiger partial charge in [-0.15, -0.1) is 11.8 Å². The van der Waals surface area contributed by atoms with Gasteiger partial charge in [0, 0.05) is 15.6 Å². The molecule has 0 unspecified atom stereocenters. The molecule has 0 radical (unpaired) electrons. The molecule has 2 nitrogen and oxygen atoms in total. The highest BCUT2D eigenvalue weighted by molar-refractivity contribution is 8.13. The quantitative estimate of drug-likeness (QED) is 0.622. The first-order chi connectivity index (χ1) is 6.83. The molecule has 0 spiro atoms. The molecule has 0 heterocycles. The zero-order valence-corrected chi connectivity index (χ0v) is 11.3. The van der Waals surface area contributed by atoms with Crippen molar-refractivity contribution in [1.29, 1.82) is 0 Å². The Kier molecular flexibility index (Phi) is 4.09. The molecule has 0 saturated carbocycles. The Morgan fingerprint density at radius 3 is 2.40 bits per heavy atom. The first kappa shape index (κ1) is 12.9. The van der Waals surface area contributed by atoms with E-state index in [0.29, 0.717) is 0 Å². The summed E-state index contributed by atoms with van der Waals surface area (Å²) in [6, 6.07) is 3.93. The number of benzene rings is 1. The molecule has 1 rings (SSSR count). The van der Waals surface area contributed by atoms with Crippen LogP contribution in [-0.2, 0) is 14.8 Å². The molecule has 15 heavy (non-hydrogen) atoms. The third-order valence-electron chi connectivity index (χ3n) is 2.31. The second-order valence-electron chi connectivity index (χ2n) is 3.41. The van der Waals surface area contributed by atoms with Crippen LogP contribution >= 0.6 is 22.4 Å². The Morgan fingerprint density at radius 2 is 1.93 bits per heavy atom. The van der Waals surface area contributed by atoms with Crippen molar-refractivity contribution in [3.05, 3.63) is 28.8 Å². The molecule has 0 N–H and O–H groups in total. The fourth-order valence-electron chi connectivity index (χ4n) is 1.35. The van der Waals surface area contributed by atoms with Gasteiger partial charge in [-0.25, -0.2) is 8.42 Å². The van der Waals surface area contributed by atoms with Crippen molar-refractivity contribution in [3.63, 3.8) is 0 Å². The monoisotopic (exact) mass is 264 g/mol. The van der Waals surface area contributed by atoms with Gasteiger partial charge >= 0.3 is 0 Å². The minimum absolute atomic E-state index is 0.102. The summed E-state index contributed by atoms with van der Waals surface area (Å²) in [5, 5.41) is 0. The summed E-state index contributed by atoms with van der Waals surface area (Å²) in [6.45, 7) is 3.89. The minimum atomic E-state index is -3.48. The second kappa shape index (κ2) is 4.76. The van der Waals surface area contributed by atoms with Gasteiger partial charge in [0.1, 0.15) is 0 Å². The van der Waals surface area contributed by atoms with Crippen LogP contribution in [-0.4, -0.2) is 14.7 Å². The minimum Gasteiger partial charge on any atom is -0.212 e. The predicted octanol–water partition coefficient (Wildman–Crippen LogP) is 3.09. The van der Waals surface area contributed by atoms with Gasteiger partial charge in [-0.2, -0.15) is 0 Å². The van der Waals surface area contributed by atoms with Gasteiger partial charge in [-0.05, 0) is 48.9 Å². The average Bonchev–Trinajstić information content (AvgIpc) is 2.10. The standard InChI is InChI=1S/C10H13ClO2S2/c1-7-4-10(14-3)5-9(8(7)2)6-15(11,12)13/h4-5H,6H2,1-3H3. The fraction of sp³-hybridized carbons (Fsp3) is 0.400. The van der Waals surface area contributed by atoms with Gasteiger partial charge in [0.25, 0.3) is 0 Å². The van der Waals surface area contributed by atoms with Gasteiger partial charge < -0.3 is 0 Å². The van der Waals surface area contributed by atoms with Crippen molar-refractivity contribution in [3.8, 4) is 0 Å². The van der Waals surface area contributed by atoms with E-state index in [0.717, 1.165) is 21.6 Å². The Labute approximate surface area is 99.4 Å². The van der Waals surface area contributed by atoms with Crippen molar-refractivity contribution < 1.29 is 8.42 Å². The molecule has 84 valence electrons. The van der Waals surface area contributed by atoms with E-state index < -0.39 is 9.05 Å². The SMILES string of the molecule is CSc1cc(C)c(C)c(CS(=O)(=O)Cl)c1. The molecule has 0 amide bonds. The summed E-state index contributed by atoms with van der Waals surface area (Å²) in [5.41, 5.74) is 2.88. The molecular weight excluding hydrogens is 252 g/mol. The van der Waals surface area contributed by atoms with Crippen LogP contribution in [0.1, 0.15) is 16.7 Å². The Bertz CT molecular complexity index is 467. The van der Waals surface area contributed by atoms with Crippen LogP contribution in [0.3, 0.4) is 0 Å². The van der Waals surface area contributed by atoms with Crippen molar-refractivity contribution in [2.45, 2.75) is 24.5 Å². The highest BCUT2D eigenvalue weighted by Crippen LogP contribution is 2.24. The summed E-state index contributed by atoms with van der Waals surface area (Å²) in [4.78, 5) is 1.06. The summed E-state index contributed by atoms with van der Waals surface area (Å²) in [5.74, 6) is -0.102. The van der Waals surface area contributed by atoms with E-state index in [1.54, 1.807) is 11.8 Å². The van der Waals surface area contributed by atoms with E-state index in [4.69, 9.17) is 10.7 Å². The van der Waals surface area contributed by atoms with Crippen LogP contribution in [0.15, 0.2) is 17.0 Å². The van der Waals surface area contributed by atoms with Gasteiger partial charge in [0.2, 0.25) is 9.05 Å². The van der Waals surface area contributed by atoms with Gasteiger partial charge in [0.05, 0.1) is 5.75 Å². The molecule has 0 saturated heterocycles. The molecular formula is C10H13ClO2S2. The van der Waals surface area contributed by atoms with Gasteiger partial charge in [0.15, 0.2) is 0 Å². The number of aryl methyl sites for hydroxylation is 1. The topological polar surface area (TPSA) is 34.1 Å². The Hall–Kier alpha value is -0.190. The van der Waals surface area contributed by atoms with Crippen molar-refractivity contribution in [2.24, 2.45) is 0 Å². The van der Waals surface area contributed by atoms with Crippen LogP contribution in [0.2, 0.25) is 0 Å². The van der Waals surface area contributed by atoms with Crippen molar-refractivity contribution >= 4 is 31.5 Å². The molecule has 0 bridgehead atoms. The maximum Gasteiger partial charge on any atom is 0.236 e. The van der Waals surface area contributed by atoms with E-state index in [1.807, 2.05) is 32.2 Å². The number of hydrogen-bond acceptors (Lipinski definition) is 3. The van der Waals surface area contributed by atoms with E-state index >= 15 is 0 Å². The summed E-state index contributed by atoms with van der Waals surface area (Å²) in [6.07, 6.45) is 1.96. The van der Waals surface area contributed by atoms with E-state index in [2.05, 4.69) is 0 Å². The first-order valence-electron chi connectivity index (χ1n) is 4.40. The van der Waals surface area contributed by atoms with Crippen LogP contribution in [0.5, 0.6) is 0 Å². The lowest BCUT2D eigenvalue weighted by Gasteiger charge is -2.09. The lowest BCUT2D eigenvalue weighted by molar-refractivity contribution is 0.608. The van der Waals surface area contributed by atoms with E-state index in [-0.39, 0.29) is 5.75 Å². The van der Waals surface area contributed by atoms with Crippen molar-refractivity contribution in [2.75, 3.05) is 6.26 Å². The normalized spacial score (nSPS) is 11.7. The number of halogens is 1. The molecule has 0 atom stereocenters. The van der Waals surface area contributed by atoms with Gasteiger partial charge in [-0.3, -0.25) is 0 Å². The molecule has 0 fully saturated rings. The summed E-state index contributed by atoms with van der Waals surface area (Å²) in [7, 11) is 1.77. The lowest BCUT2D eigenvalue weighted by Crippen LogP contribution is -1.99. The molecule has 1 aromatic carbocycles. The molecule has 1 aromatic rings. The van der Waals surface area contributed by atoms with Crippen LogP contribution in [0.25, 0.3) is 0 Å². The molecule has 0 aromatic heterocycles. The zero-order chi connectivity index (χ0) is 11.6. The van der Waals surface area contributed by atoms with Crippen LogP contribution < -0.4 is 0 Å². The molecule has 0 aliphatic heterocycles. The summed E-state index contributed by atoms with van der Waals surface area (Å²) >= 11 is 1.59. The fourth-order valence-corrected chi connectivity index (χ4v) is 2.93. The van der Waals surface area contributed by atoms with E-state index in [9.17, 15) is 8.42 Å². The van der Waals surface area contributed by atoms with Crippen molar-refractivity contribution in [1.82, 2.24) is 0 Å². The van der Waals surface area contributed by atoms with Crippen LogP contribution in [0, 0.1) is 13.8 Å². The lowest BCUT2D eigenvalue weighted by atomic mass is 10.1. The smallest absolute Gasteiger partial charge is 0.212 e. The highest BCUT2D eigenvalue weighted by atomic mass is 35.7. The largest absolute Gasteiger partial charge is 0.236 e. The number of rotatable bonds is 3. The predicted molar refractivity (Wildman–Crippen MR) is 66.2 cm³/mol. The average molecular weight is 265 g/mol. The van der Waals surface area contributed by atoms with E-state index in [1.165, 1.54) is 0 Å². The Balaban J connectivity index is 3.22. The first-order valence-corrected chi connectivity index (χ1v) is 8.10. The molecule has 0 aliphatic carbocycles. The third kappa shape index (κ3) is 3.70. The third-order valence-corrected chi connectivity index (χ3v) is 4.00. The number of thioether (sulfide) groups is 1. The maximum absolute atomic E-state index is 11.0. The molecule has 0 aliphatic rings. The highest BCUT2D eigenvalue weighted by Gasteiger charge is 2.11. The molecule has 5 heteroatoms. The van der Waals surface area contributed by atoms with Gasteiger partial charge in [-0.1, -0.05) is 0 Å². The zero-order valence-electron chi connectivity index (χ0n) is 8.87.